The van der Waals surface area contributed by atoms with Gasteiger partial charge in [0.1, 0.15) is 29.8 Å². The maximum Gasteiger partial charge on any atom is 0.410 e. The molecule has 3 N–H and O–H groups in total. The fourth-order valence-electron chi connectivity index (χ4n) is 9.44. The van der Waals surface area contributed by atoms with Gasteiger partial charge in [0.05, 0.1) is 51.3 Å². The summed E-state index contributed by atoms with van der Waals surface area (Å²) in [6.07, 6.45) is 3.32. The van der Waals surface area contributed by atoms with E-state index in [0.717, 1.165) is 57.6 Å². The minimum atomic E-state index is -0.893. The Bertz CT molecular complexity index is 2570. The van der Waals surface area contributed by atoms with Crippen LogP contribution in [-0.2, 0) is 36.9 Å². The number of carbonyl (C=O) groups excluding carboxylic acids is 5. The van der Waals surface area contributed by atoms with E-state index in [2.05, 4.69) is 32.7 Å². The number of carbonyl (C=O) groups is 5. The van der Waals surface area contributed by atoms with Crippen molar-refractivity contribution in [1.82, 2.24) is 35.3 Å². The molecular weight excluding hydrogens is 860 g/mol. The van der Waals surface area contributed by atoms with Gasteiger partial charge >= 0.3 is 18.3 Å². The van der Waals surface area contributed by atoms with Gasteiger partial charge in [-0.05, 0) is 64.1 Å². The van der Waals surface area contributed by atoms with Crippen molar-refractivity contribution in [2.75, 3.05) is 27.3 Å². The Morgan fingerprint density at radius 1 is 0.776 bits per heavy atom. The minimum Gasteiger partial charge on any atom is -0.453 e. The zero-order valence-electron chi connectivity index (χ0n) is 38.6. The van der Waals surface area contributed by atoms with Crippen LogP contribution in [0.1, 0.15) is 81.9 Å². The highest BCUT2D eigenvalue weighted by molar-refractivity contribution is 6.04. The van der Waals surface area contributed by atoms with Gasteiger partial charge in [0.2, 0.25) is 11.8 Å². The predicted octanol–water partition coefficient (Wildman–Crippen LogP) is 7.62. The van der Waals surface area contributed by atoms with Crippen LogP contribution in [0.3, 0.4) is 0 Å². The summed E-state index contributed by atoms with van der Waals surface area (Å²) in [6.45, 7) is 8.43. The summed E-state index contributed by atoms with van der Waals surface area (Å²) in [4.78, 5) is 83.4. The molecule has 4 aliphatic heterocycles. The molecule has 0 spiro atoms. The van der Waals surface area contributed by atoms with E-state index in [0.29, 0.717) is 30.8 Å². The van der Waals surface area contributed by atoms with Gasteiger partial charge in [-0.3, -0.25) is 19.5 Å². The first-order valence-corrected chi connectivity index (χ1v) is 22.8. The molecule has 0 aliphatic carbocycles. The molecule has 0 saturated carbocycles. The molecule has 4 aliphatic rings. The number of rotatable bonds is 12. The third kappa shape index (κ3) is 9.91. The molecule has 8 rings (SSSR count). The SMILES string of the molecule is COC(=O)N[C@H](C(=O)N1C[C@H](OC(=O)N2Cc3cccc(F)c3C2)C[C@H]1C1=NC=C(c2ccc(-c3ccc(-c4cnc([C@@H]5CCCN5C(=O)[C@@H](NC(=O)OC)C(C)C)[nH]4)cc3)cc2)C1)C(C)C. The maximum atomic E-state index is 14.5. The lowest BCUT2D eigenvalue weighted by molar-refractivity contribution is -0.135. The molecular formula is C50H57FN8O8. The number of alkyl carbamates (subject to hydrolysis) is 2. The normalized spacial score (nSPS) is 19.8. The number of fused-ring (bicyclic) bond motifs is 1. The van der Waals surface area contributed by atoms with Crippen molar-refractivity contribution in [2.45, 2.75) is 96.7 Å². The number of halogens is 1. The molecule has 5 atom stereocenters. The maximum absolute atomic E-state index is 14.5. The number of ether oxygens (including phenoxy) is 3. The molecule has 16 nitrogen and oxygen atoms in total. The zero-order valence-corrected chi connectivity index (χ0v) is 38.6. The standard InChI is InChI=1S/C50H57FN8O8/c1-28(2)43(55-48(62)65-5)46(60)58-20-8-11-41(58)45-53-24-40(54-45)33-18-16-31(17-19-33)30-12-14-32(15-13-30)35-21-39(52-23-35)42-22-36(26-59(42)47(61)44(29(3)4)56-49(63)66-6)67-50(64)57-25-34-9-7-10-38(51)37(34)27-57/h7,9-10,12-19,23-24,28-29,36,41-44H,8,11,20-22,25-27H2,1-6H3,(H,53,54)(H,55,62)(H,56,63)/t36-,41+,42+,43+,44+/m1/s1. The van der Waals surface area contributed by atoms with Gasteiger partial charge in [-0.2, -0.15) is 0 Å². The van der Waals surface area contributed by atoms with Gasteiger partial charge in [0.25, 0.3) is 0 Å². The van der Waals surface area contributed by atoms with E-state index < -0.39 is 42.5 Å². The molecule has 3 aromatic carbocycles. The Kier molecular flexibility index (Phi) is 13.8. The van der Waals surface area contributed by atoms with E-state index in [1.807, 2.05) is 70.3 Å². The number of nitrogens with one attached hydrogen (secondary N) is 3. The monoisotopic (exact) mass is 916 g/mol. The first-order valence-electron chi connectivity index (χ1n) is 22.8. The number of amides is 5. The van der Waals surface area contributed by atoms with Crippen LogP contribution in [0.25, 0.3) is 28.0 Å². The van der Waals surface area contributed by atoms with Crippen LogP contribution < -0.4 is 10.6 Å². The number of likely N-dealkylation sites (tertiary alicyclic amines) is 2. The molecule has 4 aromatic rings. The molecule has 0 unspecified atom stereocenters. The highest BCUT2D eigenvalue weighted by atomic mass is 19.1. The number of aromatic amines is 1. The van der Waals surface area contributed by atoms with E-state index in [9.17, 15) is 28.4 Å². The lowest BCUT2D eigenvalue weighted by atomic mass is 9.95. The van der Waals surface area contributed by atoms with Crippen LogP contribution in [0.15, 0.2) is 84.1 Å². The molecule has 5 heterocycles. The Balaban J connectivity index is 0.916. The van der Waals surface area contributed by atoms with Crippen LogP contribution in [-0.4, -0.2) is 112 Å². The molecule has 352 valence electrons. The van der Waals surface area contributed by atoms with Gasteiger partial charge in [-0.15, -0.1) is 0 Å². The zero-order chi connectivity index (χ0) is 47.5. The average Bonchev–Trinajstić information content (AvgIpc) is 4.19. The van der Waals surface area contributed by atoms with Gasteiger partial charge in [0.15, 0.2) is 0 Å². The van der Waals surface area contributed by atoms with E-state index in [1.165, 1.54) is 25.2 Å². The van der Waals surface area contributed by atoms with Crippen molar-refractivity contribution in [3.05, 3.63) is 107 Å². The van der Waals surface area contributed by atoms with Crippen molar-refractivity contribution in [3.63, 3.8) is 0 Å². The number of H-pyrrole nitrogens is 1. The van der Waals surface area contributed by atoms with Crippen LogP contribution in [0, 0.1) is 17.7 Å². The Morgan fingerprint density at radius 3 is 2.00 bits per heavy atom. The van der Waals surface area contributed by atoms with Gasteiger partial charge < -0.3 is 39.6 Å². The van der Waals surface area contributed by atoms with Crippen LogP contribution in [0.4, 0.5) is 18.8 Å². The van der Waals surface area contributed by atoms with Crippen molar-refractivity contribution in [1.29, 1.82) is 0 Å². The van der Waals surface area contributed by atoms with E-state index in [-0.39, 0.29) is 55.1 Å². The molecule has 0 radical (unpaired) electrons. The predicted molar refractivity (Wildman–Crippen MR) is 248 cm³/mol. The summed E-state index contributed by atoms with van der Waals surface area (Å²) in [5.41, 5.74) is 7.67. The number of benzene rings is 3. The summed E-state index contributed by atoms with van der Waals surface area (Å²) < 4.78 is 30.1. The highest BCUT2D eigenvalue weighted by Gasteiger charge is 2.45. The number of aromatic nitrogens is 2. The second kappa shape index (κ2) is 19.8. The lowest BCUT2D eigenvalue weighted by Crippen LogP contribution is -2.53. The second-order valence-electron chi connectivity index (χ2n) is 18.2. The fourth-order valence-corrected chi connectivity index (χ4v) is 9.44. The Hall–Kier alpha value is -7.04. The van der Waals surface area contributed by atoms with Crippen LogP contribution >= 0.6 is 0 Å². The van der Waals surface area contributed by atoms with Crippen LogP contribution in [0.5, 0.6) is 0 Å². The van der Waals surface area contributed by atoms with Crippen molar-refractivity contribution in [2.24, 2.45) is 16.8 Å². The number of aliphatic imine (C=N–C) groups is 1. The smallest absolute Gasteiger partial charge is 0.410 e. The van der Waals surface area contributed by atoms with Gasteiger partial charge in [-0.25, -0.2) is 23.8 Å². The first-order chi connectivity index (χ1) is 32.2. The second-order valence-corrected chi connectivity index (χ2v) is 18.2. The van der Waals surface area contributed by atoms with Crippen molar-refractivity contribution in [3.8, 4) is 22.4 Å². The topological polar surface area (TPSA) is 188 Å². The summed E-state index contributed by atoms with van der Waals surface area (Å²) in [5, 5.41) is 5.37. The fraction of sp³-hybridized carbons (Fsp3) is 0.420. The molecule has 5 amide bonds. The quantitative estimate of drug-likeness (QED) is 0.120. The third-order valence-electron chi connectivity index (χ3n) is 13.2. The molecule has 1 aromatic heterocycles. The van der Waals surface area contributed by atoms with Gasteiger partial charge in [0, 0.05) is 43.4 Å². The van der Waals surface area contributed by atoms with Gasteiger partial charge in [-0.1, -0.05) is 88.4 Å². The average molecular weight is 917 g/mol. The Morgan fingerprint density at radius 2 is 1.39 bits per heavy atom. The number of nitrogens with zero attached hydrogens (tertiary/aromatic N) is 5. The molecule has 2 fully saturated rings. The Labute approximate surface area is 388 Å². The summed E-state index contributed by atoms with van der Waals surface area (Å²) in [5.74, 6) is -0.563. The largest absolute Gasteiger partial charge is 0.453 e. The van der Waals surface area contributed by atoms with Crippen molar-refractivity contribution < 1.29 is 42.6 Å². The molecule has 2 saturated heterocycles. The number of imidazole rings is 1. The number of hydrogen-bond acceptors (Lipinski definition) is 10. The minimum absolute atomic E-state index is 0.0937. The third-order valence-corrected chi connectivity index (χ3v) is 13.2. The van der Waals surface area contributed by atoms with Crippen molar-refractivity contribution >= 4 is 41.4 Å². The highest BCUT2D eigenvalue weighted by Crippen LogP contribution is 2.36. The van der Waals surface area contributed by atoms with Crippen LogP contribution in [0.2, 0.25) is 0 Å². The summed E-state index contributed by atoms with van der Waals surface area (Å²) in [7, 11) is 2.52. The first kappa shape index (κ1) is 46.5. The lowest BCUT2D eigenvalue weighted by Gasteiger charge is -2.30. The molecule has 67 heavy (non-hydrogen) atoms. The van der Waals surface area contributed by atoms with E-state index in [4.69, 9.17) is 19.2 Å². The summed E-state index contributed by atoms with van der Waals surface area (Å²) >= 11 is 0. The summed E-state index contributed by atoms with van der Waals surface area (Å²) in [6, 6.07) is 18.8. The van der Waals surface area contributed by atoms with E-state index in [1.54, 1.807) is 28.1 Å². The van der Waals surface area contributed by atoms with E-state index >= 15 is 0 Å². The number of allylic oxidation sites excluding steroid dienone is 1. The number of methoxy groups -OCH3 is 2. The molecule has 17 heteroatoms. The number of hydrogen-bond donors (Lipinski definition) is 3. The molecule has 0 bridgehead atoms.